The summed E-state index contributed by atoms with van der Waals surface area (Å²) in [6.45, 7) is 0.235. The molecular formula is C20H21FN2O3S. The maximum Gasteiger partial charge on any atom is 0.150 e. The Bertz CT molecular complexity index is 1080. The van der Waals surface area contributed by atoms with Crippen molar-refractivity contribution in [3.8, 4) is 0 Å². The lowest BCUT2D eigenvalue weighted by Crippen LogP contribution is -2.15. The summed E-state index contributed by atoms with van der Waals surface area (Å²) in [6, 6.07) is 13.6. The van der Waals surface area contributed by atoms with Crippen LogP contribution in [0.1, 0.15) is 23.9 Å². The van der Waals surface area contributed by atoms with Gasteiger partial charge in [-0.15, -0.1) is 0 Å². The zero-order valence-electron chi connectivity index (χ0n) is 14.8. The first kappa shape index (κ1) is 18.1. The average molecular weight is 388 g/mol. The van der Waals surface area contributed by atoms with E-state index in [1.807, 2.05) is 28.8 Å². The van der Waals surface area contributed by atoms with Crippen molar-refractivity contribution in [3.63, 3.8) is 0 Å². The molecule has 1 fully saturated rings. The Morgan fingerprint density at radius 1 is 1.22 bits per heavy atom. The van der Waals surface area contributed by atoms with Gasteiger partial charge in [0, 0.05) is 6.42 Å². The van der Waals surface area contributed by atoms with Crippen LogP contribution >= 0.6 is 0 Å². The molecule has 3 aromatic rings. The Kier molecular flexibility index (Phi) is 4.74. The molecule has 27 heavy (non-hydrogen) atoms. The van der Waals surface area contributed by atoms with Crippen molar-refractivity contribution < 1.29 is 17.9 Å². The fourth-order valence-electron chi connectivity index (χ4n) is 3.77. The summed E-state index contributed by atoms with van der Waals surface area (Å²) in [5.74, 6) is 0.816. The first-order valence-corrected chi connectivity index (χ1v) is 10.8. The number of hydrogen-bond donors (Lipinski definition) is 1. The zero-order valence-corrected chi connectivity index (χ0v) is 15.6. The molecule has 1 N–H and O–H groups in total. The molecule has 142 valence electrons. The van der Waals surface area contributed by atoms with Crippen LogP contribution in [0.5, 0.6) is 0 Å². The van der Waals surface area contributed by atoms with E-state index in [-0.39, 0.29) is 24.0 Å². The number of hydrogen-bond acceptors (Lipinski definition) is 4. The third-order valence-electron chi connectivity index (χ3n) is 5.12. The first-order chi connectivity index (χ1) is 12.9. The number of aromatic nitrogens is 2. The normalized spacial score (nSPS) is 20.1. The van der Waals surface area contributed by atoms with Crippen LogP contribution in [0.25, 0.3) is 11.0 Å². The first-order valence-electron chi connectivity index (χ1n) is 8.99. The number of rotatable bonds is 5. The third-order valence-corrected chi connectivity index (χ3v) is 6.96. The molecule has 0 amide bonds. The second-order valence-corrected chi connectivity index (χ2v) is 9.40. The van der Waals surface area contributed by atoms with E-state index in [4.69, 9.17) is 0 Å². The highest BCUT2D eigenvalue weighted by molar-refractivity contribution is 7.91. The number of fused-ring (bicyclic) bond motifs is 1. The van der Waals surface area contributed by atoms with E-state index in [1.165, 1.54) is 12.1 Å². The van der Waals surface area contributed by atoms with E-state index < -0.39 is 21.8 Å². The number of benzene rings is 2. The molecule has 1 aromatic heterocycles. The summed E-state index contributed by atoms with van der Waals surface area (Å²) in [4.78, 5) is 4.67. The molecule has 2 heterocycles. The van der Waals surface area contributed by atoms with Crippen molar-refractivity contribution in [2.75, 3.05) is 11.5 Å². The van der Waals surface area contributed by atoms with Crippen LogP contribution in [0.4, 0.5) is 4.39 Å². The quantitative estimate of drug-likeness (QED) is 0.730. The molecule has 1 aliphatic heterocycles. The molecule has 5 nitrogen and oxygen atoms in total. The third kappa shape index (κ3) is 3.89. The lowest BCUT2D eigenvalue weighted by atomic mass is 10.0. The van der Waals surface area contributed by atoms with E-state index in [0.29, 0.717) is 18.4 Å². The van der Waals surface area contributed by atoms with Gasteiger partial charge in [0.2, 0.25) is 0 Å². The largest absolute Gasteiger partial charge is 0.387 e. The molecule has 1 saturated heterocycles. The second kappa shape index (κ2) is 7.05. The van der Waals surface area contributed by atoms with Crippen molar-refractivity contribution in [3.05, 3.63) is 65.7 Å². The molecule has 4 rings (SSSR count). The van der Waals surface area contributed by atoms with Crippen LogP contribution in [0.15, 0.2) is 48.5 Å². The molecule has 0 saturated carbocycles. The molecule has 1 aliphatic rings. The van der Waals surface area contributed by atoms with Crippen LogP contribution in [-0.2, 0) is 22.8 Å². The standard InChI is InChI=1S/C20H21FN2O3S/c21-16-5-3-4-15(11-16)19(24)12-23-18-7-2-1-6-17(18)22-20(23)10-14-8-9-27(25,26)13-14/h1-7,11,14,19,24H,8-10,12-13H2. The predicted octanol–water partition coefficient (Wildman–Crippen LogP) is 2.89. The monoisotopic (exact) mass is 388 g/mol. The van der Waals surface area contributed by atoms with E-state index in [2.05, 4.69) is 4.98 Å². The molecular weight excluding hydrogens is 367 g/mol. The van der Waals surface area contributed by atoms with Gasteiger partial charge < -0.3 is 9.67 Å². The Labute approximate surface area is 157 Å². The zero-order chi connectivity index (χ0) is 19.0. The lowest BCUT2D eigenvalue weighted by Gasteiger charge is -2.16. The van der Waals surface area contributed by atoms with Crippen LogP contribution in [0.3, 0.4) is 0 Å². The Hall–Kier alpha value is -2.25. The van der Waals surface area contributed by atoms with Gasteiger partial charge in [0.25, 0.3) is 0 Å². The minimum Gasteiger partial charge on any atom is -0.387 e. The SMILES string of the molecule is O=S1(=O)CCC(Cc2nc3ccccc3n2CC(O)c2cccc(F)c2)C1. The maximum absolute atomic E-state index is 13.5. The van der Waals surface area contributed by atoms with Gasteiger partial charge in [-0.05, 0) is 42.2 Å². The summed E-state index contributed by atoms with van der Waals surface area (Å²) in [6.07, 6.45) is 0.297. The van der Waals surface area contributed by atoms with Gasteiger partial charge in [-0.25, -0.2) is 17.8 Å². The number of aliphatic hydroxyl groups is 1. The fraction of sp³-hybridized carbons (Fsp3) is 0.350. The van der Waals surface area contributed by atoms with Crippen molar-refractivity contribution in [2.45, 2.75) is 25.5 Å². The highest BCUT2D eigenvalue weighted by Gasteiger charge is 2.29. The molecule has 2 unspecified atom stereocenters. The molecule has 0 spiro atoms. The van der Waals surface area contributed by atoms with Crippen molar-refractivity contribution in [1.29, 1.82) is 0 Å². The molecule has 7 heteroatoms. The summed E-state index contributed by atoms with van der Waals surface area (Å²) in [5, 5.41) is 10.6. The summed E-state index contributed by atoms with van der Waals surface area (Å²) < 4.78 is 39.0. The van der Waals surface area contributed by atoms with Gasteiger partial charge in [-0.3, -0.25) is 0 Å². The number of halogens is 1. The van der Waals surface area contributed by atoms with Crippen LogP contribution < -0.4 is 0 Å². The van der Waals surface area contributed by atoms with Crippen LogP contribution in [-0.4, -0.2) is 34.6 Å². The van der Waals surface area contributed by atoms with Crippen LogP contribution in [0.2, 0.25) is 0 Å². The predicted molar refractivity (Wildman–Crippen MR) is 102 cm³/mol. The number of aliphatic hydroxyl groups excluding tert-OH is 1. The Morgan fingerprint density at radius 2 is 2.04 bits per heavy atom. The van der Waals surface area contributed by atoms with E-state index in [0.717, 1.165) is 16.9 Å². The van der Waals surface area contributed by atoms with Gasteiger partial charge in [-0.2, -0.15) is 0 Å². The highest BCUT2D eigenvalue weighted by Crippen LogP contribution is 2.27. The highest BCUT2D eigenvalue weighted by atomic mass is 32.2. The van der Waals surface area contributed by atoms with Gasteiger partial charge >= 0.3 is 0 Å². The molecule has 2 aromatic carbocycles. The number of para-hydroxylation sites is 2. The topological polar surface area (TPSA) is 72.2 Å². The van der Waals surface area contributed by atoms with Gasteiger partial charge in [-0.1, -0.05) is 24.3 Å². The summed E-state index contributed by atoms with van der Waals surface area (Å²) >= 11 is 0. The number of nitrogens with zero attached hydrogens (tertiary/aromatic N) is 2. The second-order valence-electron chi connectivity index (χ2n) is 7.17. The minimum atomic E-state index is -2.96. The average Bonchev–Trinajstić information content (AvgIpc) is 3.15. The van der Waals surface area contributed by atoms with Crippen molar-refractivity contribution in [2.24, 2.45) is 5.92 Å². The minimum absolute atomic E-state index is 0.0388. The van der Waals surface area contributed by atoms with E-state index >= 15 is 0 Å². The van der Waals surface area contributed by atoms with Gasteiger partial charge in [0.15, 0.2) is 9.84 Å². The molecule has 0 aliphatic carbocycles. The molecule has 0 bridgehead atoms. The number of imidazole rings is 1. The number of sulfone groups is 1. The van der Waals surface area contributed by atoms with Gasteiger partial charge in [0.1, 0.15) is 11.6 Å². The van der Waals surface area contributed by atoms with E-state index in [9.17, 15) is 17.9 Å². The lowest BCUT2D eigenvalue weighted by molar-refractivity contribution is 0.156. The van der Waals surface area contributed by atoms with Crippen molar-refractivity contribution in [1.82, 2.24) is 9.55 Å². The fourth-order valence-corrected chi connectivity index (χ4v) is 5.63. The van der Waals surface area contributed by atoms with Crippen molar-refractivity contribution >= 4 is 20.9 Å². The Balaban J connectivity index is 1.66. The van der Waals surface area contributed by atoms with Gasteiger partial charge in [0.05, 0.1) is 35.2 Å². The summed E-state index contributed by atoms with van der Waals surface area (Å²) in [7, 11) is -2.96. The Morgan fingerprint density at radius 3 is 2.78 bits per heavy atom. The molecule has 0 radical (unpaired) electrons. The maximum atomic E-state index is 13.5. The van der Waals surface area contributed by atoms with Crippen LogP contribution in [0, 0.1) is 11.7 Å². The smallest absolute Gasteiger partial charge is 0.150 e. The van der Waals surface area contributed by atoms with E-state index in [1.54, 1.807) is 12.1 Å². The summed E-state index contributed by atoms with van der Waals surface area (Å²) in [5.41, 5.74) is 2.19. The molecule has 2 atom stereocenters.